The predicted octanol–water partition coefficient (Wildman–Crippen LogP) is 1.37. The van der Waals surface area contributed by atoms with Crippen LogP contribution >= 0.6 is 0 Å². The molecule has 0 spiro atoms. The van der Waals surface area contributed by atoms with Gasteiger partial charge in [-0.3, -0.25) is 4.79 Å². The van der Waals surface area contributed by atoms with Crippen LogP contribution < -0.4 is 14.9 Å². The molecule has 142 valence electrons. The third-order valence-electron chi connectivity index (χ3n) is 4.96. The van der Waals surface area contributed by atoms with E-state index in [4.69, 9.17) is 0 Å². The third-order valence-corrected chi connectivity index (χ3v) is 6.44. The van der Waals surface area contributed by atoms with Crippen molar-refractivity contribution in [2.45, 2.75) is 18.0 Å². The van der Waals surface area contributed by atoms with Gasteiger partial charge in [-0.1, -0.05) is 24.3 Å². The molecule has 0 unspecified atom stereocenters. The lowest BCUT2D eigenvalue weighted by molar-refractivity contribution is -0.132. The monoisotopic (exact) mass is 386 g/mol. The van der Waals surface area contributed by atoms with Gasteiger partial charge in [-0.15, -0.1) is 0 Å². The standard InChI is InChI=1S/C19H22N4O3S/c1-14-7-8-17-16(13-14)20-18(21-27(17,25)26)19(24)23-11-9-22(10-12-23)15-5-3-2-4-6-15/h2-8,13,18,20-21H,9-12H2,1H3/t18-/m1/s1. The highest BCUT2D eigenvalue weighted by Crippen LogP contribution is 2.27. The second-order valence-electron chi connectivity index (χ2n) is 6.85. The number of hydrogen-bond donors (Lipinski definition) is 2. The molecule has 7 nitrogen and oxygen atoms in total. The minimum absolute atomic E-state index is 0.172. The number of nitrogens with zero attached hydrogens (tertiary/aromatic N) is 2. The lowest BCUT2D eigenvalue weighted by Crippen LogP contribution is -2.58. The zero-order valence-electron chi connectivity index (χ0n) is 15.1. The number of amides is 1. The molecule has 27 heavy (non-hydrogen) atoms. The maximum Gasteiger partial charge on any atom is 0.261 e. The van der Waals surface area contributed by atoms with Crippen molar-refractivity contribution in [3.8, 4) is 0 Å². The predicted molar refractivity (Wildman–Crippen MR) is 104 cm³/mol. The fourth-order valence-corrected chi connectivity index (χ4v) is 4.76. The van der Waals surface area contributed by atoms with Crippen LogP contribution in [0, 0.1) is 6.92 Å². The zero-order valence-corrected chi connectivity index (χ0v) is 15.9. The first-order valence-electron chi connectivity index (χ1n) is 8.92. The molecule has 1 fully saturated rings. The molecule has 2 aliphatic heterocycles. The Labute approximate surface area is 159 Å². The molecule has 1 amide bonds. The van der Waals surface area contributed by atoms with Gasteiger partial charge in [0.1, 0.15) is 4.90 Å². The van der Waals surface area contributed by atoms with Crippen molar-refractivity contribution >= 4 is 27.3 Å². The van der Waals surface area contributed by atoms with E-state index in [-0.39, 0.29) is 10.8 Å². The van der Waals surface area contributed by atoms with E-state index in [0.29, 0.717) is 31.9 Å². The molecule has 0 radical (unpaired) electrons. The van der Waals surface area contributed by atoms with Gasteiger partial charge >= 0.3 is 0 Å². The van der Waals surface area contributed by atoms with Gasteiger partial charge in [0.15, 0.2) is 6.17 Å². The number of aryl methyl sites for hydroxylation is 1. The van der Waals surface area contributed by atoms with Gasteiger partial charge in [0.2, 0.25) is 10.0 Å². The van der Waals surface area contributed by atoms with Crippen LogP contribution in [-0.4, -0.2) is 51.6 Å². The summed E-state index contributed by atoms with van der Waals surface area (Å²) in [4.78, 5) is 17.0. The Balaban J connectivity index is 1.46. The van der Waals surface area contributed by atoms with Crippen molar-refractivity contribution in [2.24, 2.45) is 0 Å². The second-order valence-corrected chi connectivity index (χ2v) is 8.53. The van der Waals surface area contributed by atoms with Crippen molar-refractivity contribution in [2.75, 3.05) is 36.4 Å². The van der Waals surface area contributed by atoms with Gasteiger partial charge in [0.05, 0.1) is 5.69 Å². The van der Waals surface area contributed by atoms with Crippen molar-refractivity contribution in [3.63, 3.8) is 0 Å². The molecular weight excluding hydrogens is 364 g/mol. The summed E-state index contributed by atoms with van der Waals surface area (Å²) in [7, 11) is -3.72. The minimum Gasteiger partial charge on any atom is -0.368 e. The summed E-state index contributed by atoms with van der Waals surface area (Å²) in [5.74, 6) is -0.251. The number of para-hydroxylation sites is 1. The van der Waals surface area contributed by atoms with Crippen LogP contribution in [-0.2, 0) is 14.8 Å². The number of benzene rings is 2. The van der Waals surface area contributed by atoms with Gasteiger partial charge in [0, 0.05) is 31.9 Å². The summed E-state index contributed by atoms with van der Waals surface area (Å²) in [6, 6.07) is 15.1. The molecule has 2 aliphatic rings. The molecule has 2 N–H and O–H groups in total. The SMILES string of the molecule is Cc1ccc2c(c1)N[C@@H](C(=O)N1CCN(c3ccccc3)CC1)NS2(=O)=O. The van der Waals surface area contributed by atoms with E-state index in [0.717, 1.165) is 11.3 Å². The van der Waals surface area contributed by atoms with E-state index in [1.807, 2.05) is 37.3 Å². The molecule has 0 aromatic heterocycles. The Morgan fingerprint density at radius 2 is 1.74 bits per heavy atom. The molecule has 1 atom stereocenters. The molecule has 2 aromatic rings. The van der Waals surface area contributed by atoms with Crippen LogP contribution in [0.25, 0.3) is 0 Å². The van der Waals surface area contributed by atoms with E-state index < -0.39 is 16.2 Å². The van der Waals surface area contributed by atoms with Gasteiger partial charge in [-0.2, -0.15) is 4.72 Å². The maximum absolute atomic E-state index is 12.9. The van der Waals surface area contributed by atoms with Crippen LogP contribution in [0.1, 0.15) is 5.56 Å². The maximum atomic E-state index is 12.9. The molecule has 0 aliphatic carbocycles. The highest BCUT2D eigenvalue weighted by molar-refractivity contribution is 7.89. The van der Waals surface area contributed by atoms with Gasteiger partial charge in [0.25, 0.3) is 5.91 Å². The lowest BCUT2D eigenvalue weighted by Gasteiger charge is -2.38. The number of piperazine rings is 1. The normalized spacial score (nSPS) is 21.3. The molecule has 1 saturated heterocycles. The average Bonchev–Trinajstić information content (AvgIpc) is 2.67. The van der Waals surface area contributed by atoms with Gasteiger partial charge in [-0.05, 0) is 36.8 Å². The van der Waals surface area contributed by atoms with Crippen LogP contribution in [0.5, 0.6) is 0 Å². The number of hydrogen-bond acceptors (Lipinski definition) is 5. The first-order valence-corrected chi connectivity index (χ1v) is 10.4. The van der Waals surface area contributed by atoms with Crippen molar-refractivity contribution in [1.82, 2.24) is 9.62 Å². The third kappa shape index (κ3) is 3.50. The highest BCUT2D eigenvalue weighted by atomic mass is 32.2. The Morgan fingerprint density at radius 1 is 1.04 bits per heavy atom. The fourth-order valence-electron chi connectivity index (χ4n) is 3.51. The van der Waals surface area contributed by atoms with E-state index in [2.05, 4.69) is 14.9 Å². The average molecular weight is 386 g/mol. The number of fused-ring (bicyclic) bond motifs is 1. The van der Waals surface area contributed by atoms with E-state index in [1.165, 1.54) is 0 Å². The van der Waals surface area contributed by atoms with Gasteiger partial charge in [-0.25, -0.2) is 8.42 Å². The highest BCUT2D eigenvalue weighted by Gasteiger charge is 2.36. The van der Waals surface area contributed by atoms with E-state index in [1.54, 1.807) is 23.1 Å². The molecule has 2 aromatic carbocycles. The van der Waals surface area contributed by atoms with Crippen molar-refractivity contribution < 1.29 is 13.2 Å². The summed E-state index contributed by atoms with van der Waals surface area (Å²) < 4.78 is 27.4. The Kier molecular flexibility index (Phi) is 4.53. The summed E-state index contributed by atoms with van der Waals surface area (Å²) in [5, 5.41) is 3.04. The lowest BCUT2D eigenvalue weighted by atomic mass is 10.2. The summed E-state index contributed by atoms with van der Waals surface area (Å²) >= 11 is 0. The number of carbonyl (C=O) groups excluding carboxylic acids is 1. The van der Waals surface area contributed by atoms with Crippen LogP contribution in [0.2, 0.25) is 0 Å². The van der Waals surface area contributed by atoms with Crippen LogP contribution in [0.15, 0.2) is 53.4 Å². The topological polar surface area (TPSA) is 81.8 Å². The van der Waals surface area contributed by atoms with E-state index >= 15 is 0 Å². The number of sulfonamides is 1. The summed E-state index contributed by atoms with van der Waals surface area (Å²) in [6.07, 6.45) is -0.979. The molecule has 2 heterocycles. The Hall–Kier alpha value is -2.58. The molecule has 8 heteroatoms. The number of nitrogens with one attached hydrogen (secondary N) is 2. The van der Waals surface area contributed by atoms with Crippen LogP contribution in [0.3, 0.4) is 0 Å². The fraction of sp³-hybridized carbons (Fsp3) is 0.316. The number of carbonyl (C=O) groups is 1. The smallest absolute Gasteiger partial charge is 0.261 e. The quantitative estimate of drug-likeness (QED) is 0.815. The first-order chi connectivity index (χ1) is 12.9. The Bertz CT molecular complexity index is 954. The largest absolute Gasteiger partial charge is 0.368 e. The van der Waals surface area contributed by atoms with Crippen LogP contribution in [0.4, 0.5) is 11.4 Å². The van der Waals surface area contributed by atoms with Gasteiger partial charge < -0.3 is 15.1 Å². The molecule has 4 rings (SSSR count). The minimum atomic E-state index is -3.72. The molecule has 0 bridgehead atoms. The molecular formula is C19H22N4O3S. The van der Waals surface area contributed by atoms with E-state index in [9.17, 15) is 13.2 Å². The number of rotatable bonds is 2. The number of anilines is 2. The van der Waals surface area contributed by atoms with Crippen molar-refractivity contribution in [3.05, 3.63) is 54.1 Å². The molecule has 0 saturated carbocycles. The van der Waals surface area contributed by atoms with Crippen molar-refractivity contribution in [1.29, 1.82) is 0 Å². The zero-order chi connectivity index (χ0) is 19.0. The summed E-state index contributed by atoms with van der Waals surface area (Å²) in [5.41, 5.74) is 2.53. The first kappa shape index (κ1) is 17.8. The second kappa shape index (κ2) is 6.86. The Morgan fingerprint density at radius 3 is 2.44 bits per heavy atom. The summed E-state index contributed by atoms with van der Waals surface area (Å²) in [6.45, 7) is 4.41.